The van der Waals surface area contributed by atoms with Gasteiger partial charge in [0.15, 0.2) is 0 Å². The van der Waals surface area contributed by atoms with Crippen molar-refractivity contribution in [2.24, 2.45) is 0 Å². The third-order valence-corrected chi connectivity index (χ3v) is 3.18. The van der Waals surface area contributed by atoms with Crippen molar-refractivity contribution in [1.29, 1.82) is 0 Å². The zero-order chi connectivity index (χ0) is 14.5. The number of aryl methyl sites for hydroxylation is 2. The summed E-state index contributed by atoms with van der Waals surface area (Å²) in [7, 11) is 0. The summed E-state index contributed by atoms with van der Waals surface area (Å²) in [6.45, 7) is 4.17. The van der Waals surface area contributed by atoms with Gasteiger partial charge in [-0.1, -0.05) is 26.3 Å². The molecule has 2 rings (SSSR count). The van der Waals surface area contributed by atoms with E-state index < -0.39 is 5.91 Å². The van der Waals surface area contributed by atoms with Crippen LogP contribution in [-0.4, -0.2) is 27.0 Å². The van der Waals surface area contributed by atoms with Crippen molar-refractivity contribution in [2.75, 3.05) is 11.9 Å². The first kappa shape index (κ1) is 14.3. The van der Waals surface area contributed by atoms with Gasteiger partial charge in [-0.15, -0.1) is 0 Å². The molecular weight excluding hydrogens is 256 g/mol. The zero-order valence-electron chi connectivity index (χ0n) is 11.8. The third-order valence-electron chi connectivity index (χ3n) is 3.18. The van der Waals surface area contributed by atoms with Crippen LogP contribution in [0.3, 0.4) is 0 Å². The van der Waals surface area contributed by atoms with Crippen LogP contribution in [-0.2, 0) is 17.6 Å². The van der Waals surface area contributed by atoms with Crippen LogP contribution in [0.15, 0.2) is 18.2 Å². The van der Waals surface area contributed by atoms with E-state index in [0.717, 1.165) is 42.1 Å². The SMILES string of the molecule is CCCc1cccc2nc(CC)c(NCC(=O)NO)n12. The van der Waals surface area contributed by atoms with Gasteiger partial charge >= 0.3 is 0 Å². The fourth-order valence-electron chi connectivity index (χ4n) is 2.29. The van der Waals surface area contributed by atoms with Crippen LogP contribution in [0.2, 0.25) is 0 Å². The van der Waals surface area contributed by atoms with E-state index in [1.807, 2.05) is 23.5 Å². The van der Waals surface area contributed by atoms with Gasteiger partial charge in [-0.3, -0.25) is 14.4 Å². The molecule has 0 aromatic carbocycles. The van der Waals surface area contributed by atoms with Crippen molar-refractivity contribution >= 4 is 17.4 Å². The molecule has 0 radical (unpaired) electrons. The van der Waals surface area contributed by atoms with Gasteiger partial charge in [-0.05, 0) is 25.0 Å². The summed E-state index contributed by atoms with van der Waals surface area (Å²) >= 11 is 0. The monoisotopic (exact) mass is 276 g/mol. The number of rotatable bonds is 6. The first-order valence-electron chi connectivity index (χ1n) is 6.87. The zero-order valence-corrected chi connectivity index (χ0v) is 11.8. The molecule has 0 aliphatic carbocycles. The standard InChI is InChI=1S/C14H20N4O2/c1-3-6-10-7-5-8-12-16-11(4-2)14(18(10)12)15-9-13(19)17-20/h5,7-8,15,20H,3-4,6,9H2,1-2H3,(H,17,19). The Labute approximate surface area is 117 Å². The minimum atomic E-state index is -0.477. The molecule has 0 atom stereocenters. The van der Waals surface area contributed by atoms with Crippen molar-refractivity contribution < 1.29 is 10.0 Å². The number of amides is 1. The van der Waals surface area contributed by atoms with E-state index in [0.29, 0.717) is 0 Å². The van der Waals surface area contributed by atoms with Crippen LogP contribution in [0, 0.1) is 0 Å². The van der Waals surface area contributed by atoms with E-state index in [-0.39, 0.29) is 6.54 Å². The van der Waals surface area contributed by atoms with Crippen LogP contribution in [0.1, 0.15) is 31.7 Å². The molecule has 0 spiro atoms. The van der Waals surface area contributed by atoms with Crippen LogP contribution >= 0.6 is 0 Å². The number of imidazole rings is 1. The maximum atomic E-state index is 11.2. The Morgan fingerprint density at radius 1 is 1.40 bits per heavy atom. The predicted molar refractivity (Wildman–Crippen MR) is 77.0 cm³/mol. The van der Waals surface area contributed by atoms with E-state index in [1.54, 1.807) is 5.48 Å². The largest absolute Gasteiger partial charge is 0.360 e. The Hall–Kier alpha value is -2.08. The minimum Gasteiger partial charge on any atom is -0.360 e. The number of anilines is 1. The van der Waals surface area contributed by atoms with Crippen LogP contribution < -0.4 is 10.8 Å². The first-order chi connectivity index (χ1) is 9.71. The Balaban J connectivity index is 2.45. The molecule has 0 fully saturated rings. The summed E-state index contributed by atoms with van der Waals surface area (Å²) in [5.41, 5.74) is 4.57. The topological polar surface area (TPSA) is 78.7 Å². The van der Waals surface area contributed by atoms with Gasteiger partial charge in [0.2, 0.25) is 0 Å². The summed E-state index contributed by atoms with van der Waals surface area (Å²) in [5.74, 6) is 0.352. The summed E-state index contributed by atoms with van der Waals surface area (Å²) in [4.78, 5) is 15.8. The molecule has 0 bridgehead atoms. The highest BCUT2D eigenvalue weighted by molar-refractivity contribution is 5.79. The van der Waals surface area contributed by atoms with Crippen molar-refractivity contribution in [1.82, 2.24) is 14.9 Å². The Morgan fingerprint density at radius 2 is 2.20 bits per heavy atom. The minimum absolute atomic E-state index is 0.0117. The van der Waals surface area contributed by atoms with Gasteiger partial charge in [0.25, 0.3) is 5.91 Å². The lowest BCUT2D eigenvalue weighted by atomic mass is 10.2. The average molecular weight is 276 g/mol. The highest BCUT2D eigenvalue weighted by Gasteiger charge is 2.13. The molecule has 2 aromatic heterocycles. The Morgan fingerprint density at radius 3 is 2.85 bits per heavy atom. The van der Waals surface area contributed by atoms with Crippen molar-refractivity contribution in [2.45, 2.75) is 33.1 Å². The summed E-state index contributed by atoms with van der Waals surface area (Å²) < 4.78 is 2.05. The number of hydrogen-bond donors (Lipinski definition) is 3. The lowest BCUT2D eigenvalue weighted by Gasteiger charge is -2.10. The number of nitrogens with zero attached hydrogens (tertiary/aromatic N) is 2. The van der Waals surface area contributed by atoms with E-state index in [9.17, 15) is 4.79 Å². The fraction of sp³-hybridized carbons (Fsp3) is 0.429. The number of hydroxylamine groups is 1. The summed E-state index contributed by atoms with van der Waals surface area (Å²) in [6.07, 6.45) is 2.75. The number of aromatic nitrogens is 2. The van der Waals surface area contributed by atoms with E-state index in [2.05, 4.69) is 23.3 Å². The molecule has 108 valence electrons. The second kappa shape index (κ2) is 6.38. The Bertz CT molecular complexity index is 606. The normalized spacial score (nSPS) is 10.8. The van der Waals surface area contributed by atoms with Gasteiger partial charge in [0.1, 0.15) is 11.5 Å². The quantitative estimate of drug-likeness (QED) is 0.555. The van der Waals surface area contributed by atoms with Crippen molar-refractivity contribution in [3.63, 3.8) is 0 Å². The highest BCUT2D eigenvalue weighted by Crippen LogP contribution is 2.21. The smallest absolute Gasteiger partial charge is 0.262 e. The summed E-state index contributed by atoms with van der Waals surface area (Å²) in [6, 6.07) is 6.02. The molecule has 0 aliphatic heterocycles. The summed E-state index contributed by atoms with van der Waals surface area (Å²) in [5, 5.41) is 11.6. The number of carbonyl (C=O) groups is 1. The first-order valence-corrected chi connectivity index (χ1v) is 6.87. The van der Waals surface area contributed by atoms with Crippen LogP contribution in [0.5, 0.6) is 0 Å². The number of hydrogen-bond acceptors (Lipinski definition) is 4. The molecule has 20 heavy (non-hydrogen) atoms. The predicted octanol–water partition coefficient (Wildman–Crippen LogP) is 1.77. The van der Waals surface area contributed by atoms with Gasteiger partial charge in [0, 0.05) is 5.69 Å². The third kappa shape index (κ3) is 2.75. The molecule has 2 aromatic rings. The van der Waals surface area contributed by atoms with E-state index in [4.69, 9.17) is 5.21 Å². The van der Waals surface area contributed by atoms with Gasteiger partial charge in [0.05, 0.1) is 12.2 Å². The number of nitrogens with one attached hydrogen (secondary N) is 2. The van der Waals surface area contributed by atoms with Gasteiger partial charge < -0.3 is 5.32 Å². The molecule has 0 saturated carbocycles. The molecule has 6 heteroatoms. The molecule has 2 heterocycles. The molecule has 3 N–H and O–H groups in total. The lowest BCUT2D eigenvalue weighted by molar-refractivity contribution is -0.127. The lowest BCUT2D eigenvalue weighted by Crippen LogP contribution is -2.27. The second-order valence-corrected chi connectivity index (χ2v) is 4.61. The second-order valence-electron chi connectivity index (χ2n) is 4.61. The van der Waals surface area contributed by atoms with Crippen LogP contribution in [0.25, 0.3) is 5.65 Å². The molecule has 1 amide bonds. The maximum Gasteiger partial charge on any atom is 0.262 e. The number of pyridine rings is 1. The molecule has 6 nitrogen and oxygen atoms in total. The number of carbonyl (C=O) groups excluding carboxylic acids is 1. The highest BCUT2D eigenvalue weighted by atomic mass is 16.5. The van der Waals surface area contributed by atoms with Crippen molar-refractivity contribution in [3.8, 4) is 0 Å². The fourth-order valence-corrected chi connectivity index (χ4v) is 2.29. The van der Waals surface area contributed by atoms with E-state index in [1.165, 1.54) is 0 Å². The maximum absolute atomic E-state index is 11.2. The van der Waals surface area contributed by atoms with Gasteiger partial charge in [-0.25, -0.2) is 10.5 Å². The molecule has 0 unspecified atom stereocenters. The van der Waals surface area contributed by atoms with E-state index >= 15 is 0 Å². The van der Waals surface area contributed by atoms with Gasteiger partial charge in [-0.2, -0.15) is 0 Å². The molecular formula is C14H20N4O2. The van der Waals surface area contributed by atoms with Crippen LogP contribution in [0.4, 0.5) is 5.82 Å². The average Bonchev–Trinajstić information content (AvgIpc) is 2.83. The molecule has 0 saturated heterocycles. The number of fused-ring (bicyclic) bond motifs is 1. The molecule has 0 aliphatic rings. The Kier molecular flexibility index (Phi) is 4.57. The van der Waals surface area contributed by atoms with Crippen molar-refractivity contribution in [3.05, 3.63) is 29.6 Å².